The largest absolute Gasteiger partial charge is 0.471 e. The van der Waals surface area contributed by atoms with Crippen LogP contribution in [0.3, 0.4) is 0 Å². The van der Waals surface area contributed by atoms with E-state index in [-0.39, 0.29) is 49.7 Å². The molecule has 1 aromatic carbocycles. The summed E-state index contributed by atoms with van der Waals surface area (Å²) >= 11 is 0. The maximum atomic E-state index is 13.5. The smallest absolute Gasteiger partial charge is 0.423 e. The lowest BCUT2D eigenvalue weighted by molar-refractivity contribution is -0.155. The molecule has 1 unspecified atom stereocenters. The van der Waals surface area contributed by atoms with E-state index >= 15 is 0 Å². The molecule has 4 heterocycles. The average Bonchev–Trinajstić information content (AvgIpc) is 3.46. The molecule has 0 amide bonds. The van der Waals surface area contributed by atoms with Crippen molar-refractivity contribution in [1.29, 1.82) is 0 Å². The van der Waals surface area contributed by atoms with Gasteiger partial charge < -0.3 is 25.0 Å². The van der Waals surface area contributed by atoms with Gasteiger partial charge in [0.05, 0.1) is 18.1 Å². The van der Waals surface area contributed by atoms with Gasteiger partial charge in [0.15, 0.2) is 0 Å². The maximum absolute atomic E-state index is 13.5. The number of alkyl halides is 6. The number of nitrogens with one attached hydrogen (secondary N) is 2. The SMILES string of the molecule is O=S(=O)(c1ccc(N2CCNC(C(F)(F)F)C2)cc1)N1CCC(Nc2ncc(C(F)(F)F)c(O[C@H]3CCOC3)n2)CC1. The number of sulfonamides is 1. The first-order valence-corrected chi connectivity index (χ1v) is 14.8. The first-order chi connectivity index (χ1) is 19.8. The van der Waals surface area contributed by atoms with Gasteiger partial charge in [-0.3, -0.25) is 0 Å². The number of anilines is 2. The minimum Gasteiger partial charge on any atom is -0.471 e. The summed E-state index contributed by atoms with van der Waals surface area (Å²) in [6, 6.07) is 3.79. The van der Waals surface area contributed by atoms with Crippen molar-refractivity contribution in [3.05, 3.63) is 36.0 Å². The zero-order valence-corrected chi connectivity index (χ0v) is 23.1. The van der Waals surface area contributed by atoms with Crippen LogP contribution in [0, 0.1) is 0 Å². The van der Waals surface area contributed by atoms with Crippen molar-refractivity contribution in [3.63, 3.8) is 0 Å². The Morgan fingerprint density at radius 3 is 2.36 bits per heavy atom. The molecule has 0 aliphatic carbocycles. The fourth-order valence-corrected chi connectivity index (χ4v) is 6.56. The van der Waals surface area contributed by atoms with Crippen LogP contribution < -0.4 is 20.3 Å². The summed E-state index contributed by atoms with van der Waals surface area (Å²) in [7, 11) is -3.88. The Kier molecular flexibility index (Phi) is 8.74. The number of piperidine rings is 1. The molecule has 3 saturated heterocycles. The van der Waals surface area contributed by atoms with Gasteiger partial charge in [0.1, 0.15) is 17.7 Å². The van der Waals surface area contributed by atoms with Gasteiger partial charge in [0.25, 0.3) is 0 Å². The molecule has 42 heavy (non-hydrogen) atoms. The average molecular weight is 625 g/mol. The van der Waals surface area contributed by atoms with E-state index in [2.05, 4.69) is 20.6 Å². The van der Waals surface area contributed by atoms with Gasteiger partial charge >= 0.3 is 12.4 Å². The molecule has 3 fully saturated rings. The predicted octanol–water partition coefficient (Wildman–Crippen LogP) is 3.27. The second kappa shape index (κ2) is 12.0. The molecule has 3 aliphatic heterocycles. The van der Waals surface area contributed by atoms with Crippen LogP contribution in [0.5, 0.6) is 5.88 Å². The van der Waals surface area contributed by atoms with E-state index in [9.17, 15) is 34.8 Å². The standard InChI is InChI=1S/C25H30F6N6O4S/c26-24(27,28)20-13-33-23(35-22(20)41-18-7-12-40-15-18)34-16-5-9-37(10-6-16)42(38,39)19-3-1-17(2-4-19)36-11-8-32-21(14-36)25(29,30)31/h1-4,13,16,18,21,32H,5-12,14-15H2,(H,33,34,35)/t18-,21?/m0/s1. The molecule has 2 aromatic rings. The van der Waals surface area contributed by atoms with E-state index in [4.69, 9.17) is 9.47 Å². The molecule has 0 radical (unpaired) electrons. The van der Waals surface area contributed by atoms with Gasteiger partial charge in [0.2, 0.25) is 21.9 Å². The highest BCUT2D eigenvalue weighted by molar-refractivity contribution is 7.89. The molecule has 5 rings (SSSR count). The van der Waals surface area contributed by atoms with Crippen LogP contribution in [-0.2, 0) is 20.9 Å². The summed E-state index contributed by atoms with van der Waals surface area (Å²) in [5.74, 6) is -0.650. The fraction of sp³-hybridized carbons (Fsp3) is 0.600. The van der Waals surface area contributed by atoms with Gasteiger partial charge in [-0.25, -0.2) is 13.4 Å². The number of halogens is 6. The molecule has 17 heteroatoms. The van der Waals surface area contributed by atoms with Gasteiger partial charge in [-0.05, 0) is 37.1 Å². The molecule has 3 aliphatic rings. The van der Waals surface area contributed by atoms with E-state index in [1.54, 1.807) is 4.90 Å². The summed E-state index contributed by atoms with van der Waals surface area (Å²) in [4.78, 5) is 9.33. The number of hydrogen-bond acceptors (Lipinski definition) is 9. The van der Waals surface area contributed by atoms with Crippen LogP contribution in [0.4, 0.5) is 38.0 Å². The first kappa shape index (κ1) is 30.6. The van der Waals surface area contributed by atoms with Gasteiger partial charge in [-0.15, -0.1) is 0 Å². The normalized spacial score (nSPS) is 23.2. The molecule has 1 aromatic heterocycles. The number of nitrogens with zero attached hydrogens (tertiary/aromatic N) is 4. The number of rotatable bonds is 7. The summed E-state index contributed by atoms with van der Waals surface area (Å²) in [5.41, 5.74) is -0.600. The van der Waals surface area contributed by atoms with E-state index in [1.807, 2.05) is 0 Å². The quantitative estimate of drug-likeness (QED) is 0.449. The van der Waals surface area contributed by atoms with E-state index < -0.39 is 46.0 Å². The Morgan fingerprint density at radius 2 is 1.74 bits per heavy atom. The van der Waals surface area contributed by atoms with E-state index in [1.165, 1.54) is 28.6 Å². The summed E-state index contributed by atoms with van der Waals surface area (Å²) in [6.45, 7) is 1.03. The zero-order chi connectivity index (χ0) is 30.1. The van der Waals surface area contributed by atoms with E-state index in [0.717, 1.165) is 0 Å². The second-order valence-electron chi connectivity index (χ2n) is 10.3. The molecule has 10 nitrogen and oxygen atoms in total. The Balaban J connectivity index is 1.19. The highest BCUT2D eigenvalue weighted by Crippen LogP contribution is 2.36. The highest BCUT2D eigenvalue weighted by Gasteiger charge is 2.42. The molecule has 2 atom stereocenters. The van der Waals surface area contributed by atoms with Crippen molar-refractivity contribution in [2.45, 2.75) is 54.7 Å². The Morgan fingerprint density at radius 1 is 1.02 bits per heavy atom. The van der Waals surface area contributed by atoms with Crippen molar-refractivity contribution in [2.24, 2.45) is 0 Å². The molecule has 232 valence electrons. The molecule has 0 spiro atoms. The third-order valence-electron chi connectivity index (χ3n) is 7.42. The number of hydrogen-bond donors (Lipinski definition) is 2. The summed E-state index contributed by atoms with van der Waals surface area (Å²) in [6.07, 6.45) is -7.86. The molecule has 0 saturated carbocycles. The van der Waals surface area contributed by atoms with Crippen molar-refractivity contribution in [2.75, 3.05) is 56.2 Å². The lowest BCUT2D eigenvalue weighted by Crippen LogP contribution is -2.57. The van der Waals surface area contributed by atoms with Crippen LogP contribution in [0.15, 0.2) is 35.4 Å². The summed E-state index contributed by atoms with van der Waals surface area (Å²) in [5, 5.41) is 5.43. The maximum Gasteiger partial charge on any atom is 0.423 e. The topological polar surface area (TPSA) is 109 Å². The number of ether oxygens (including phenoxy) is 2. The monoisotopic (exact) mass is 624 g/mol. The summed E-state index contributed by atoms with van der Waals surface area (Å²) < 4.78 is 118. The first-order valence-electron chi connectivity index (χ1n) is 13.4. The van der Waals surface area contributed by atoms with Crippen LogP contribution in [0.1, 0.15) is 24.8 Å². The Labute approximate surface area is 238 Å². The van der Waals surface area contributed by atoms with Crippen LogP contribution in [0.25, 0.3) is 0 Å². The zero-order valence-electron chi connectivity index (χ0n) is 22.3. The van der Waals surface area contributed by atoms with Crippen molar-refractivity contribution < 1.29 is 44.2 Å². The van der Waals surface area contributed by atoms with Crippen LogP contribution in [0.2, 0.25) is 0 Å². The third-order valence-corrected chi connectivity index (χ3v) is 9.34. The van der Waals surface area contributed by atoms with Crippen molar-refractivity contribution >= 4 is 21.7 Å². The lowest BCUT2D eigenvalue weighted by Gasteiger charge is -2.36. The predicted molar refractivity (Wildman–Crippen MR) is 139 cm³/mol. The number of aromatic nitrogens is 2. The molecular formula is C25H30F6N6O4S. The minimum absolute atomic E-state index is 0.0175. The van der Waals surface area contributed by atoms with Crippen LogP contribution in [-0.4, -0.2) is 93.0 Å². The highest BCUT2D eigenvalue weighted by atomic mass is 32.2. The Bertz CT molecular complexity index is 1330. The van der Waals surface area contributed by atoms with E-state index in [0.29, 0.717) is 44.3 Å². The minimum atomic E-state index is -4.71. The van der Waals surface area contributed by atoms with Crippen molar-refractivity contribution in [1.82, 2.24) is 19.6 Å². The third kappa shape index (κ3) is 7.01. The molecule has 0 bridgehead atoms. The van der Waals surface area contributed by atoms with Gasteiger partial charge in [-0.1, -0.05) is 0 Å². The second-order valence-corrected chi connectivity index (χ2v) is 12.3. The molecule has 2 N–H and O–H groups in total. The Hall–Kier alpha value is -2.89. The van der Waals surface area contributed by atoms with Crippen molar-refractivity contribution in [3.8, 4) is 5.88 Å². The van der Waals surface area contributed by atoms with Crippen LogP contribution >= 0.6 is 0 Å². The molecular weight excluding hydrogens is 594 g/mol. The van der Waals surface area contributed by atoms with Gasteiger partial charge in [-0.2, -0.15) is 35.6 Å². The number of piperazine rings is 1. The lowest BCUT2D eigenvalue weighted by atomic mass is 10.1. The fourth-order valence-electron chi connectivity index (χ4n) is 5.09. The number of benzene rings is 1. The van der Waals surface area contributed by atoms with Gasteiger partial charge in [0, 0.05) is 57.1 Å².